The van der Waals surface area contributed by atoms with Crippen LogP contribution in [0.1, 0.15) is 125 Å². The van der Waals surface area contributed by atoms with E-state index in [2.05, 4.69) is 59.8 Å². The van der Waals surface area contributed by atoms with Crippen LogP contribution < -0.4 is 0 Å². The highest BCUT2D eigenvalue weighted by molar-refractivity contribution is 4.94. The van der Waals surface area contributed by atoms with E-state index in [4.69, 9.17) is 0 Å². The van der Waals surface area contributed by atoms with E-state index >= 15 is 0 Å². The van der Waals surface area contributed by atoms with Crippen molar-refractivity contribution in [1.29, 1.82) is 0 Å². The van der Waals surface area contributed by atoms with Gasteiger partial charge in [0.05, 0.1) is 0 Å². The van der Waals surface area contributed by atoms with Crippen LogP contribution >= 0.6 is 0 Å². The summed E-state index contributed by atoms with van der Waals surface area (Å²) in [4.78, 5) is 0. The highest BCUT2D eigenvalue weighted by Crippen LogP contribution is 2.12. The molecule has 0 aromatic heterocycles. The maximum atomic E-state index is 2.31. The molecule has 0 aliphatic carbocycles. The minimum Gasteiger partial charge on any atom is -0.0914 e. The average molecular weight is 337 g/mol. The summed E-state index contributed by atoms with van der Waals surface area (Å²) in [6.45, 7) is 13.3. The van der Waals surface area contributed by atoms with E-state index in [1.54, 1.807) is 5.57 Å². The molecular weight excluding hydrogens is 288 g/mol. The van der Waals surface area contributed by atoms with Gasteiger partial charge in [0.2, 0.25) is 0 Å². The zero-order chi connectivity index (χ0) is 18.5. The van der Waals surface area contributed by atoms with Crippen LogP contribution in [0, 0.1) is 5.92 Å². The maximum Gasteiger partial charge on any atom is -0.0262 e. The van der Waals surface area contributed by atoms with E-state index in [1.165, 1.54) is 83.5 Å². The van der Waals surface area contributed by atoms with Crippen LogP contribution in [0.25, 0.3) is 0 Å². The van der Waals surface area contributed by atoms with Gasteiger partial charge in [-0.1, -0.05) is 109 Å². The van der Waals surface area contributed by atoms with Crippen LogP contribution in [-0.4, -0.2) is 0 Å². The van der Waals surface area contributed by atoms with Crippen LogP contribution in [0.5, 0.6) is 0 Å². The third kappa shape index (κ3) is 23.7. The van der Waals surface area contributed by atoms with Crippen molar-refractivity contribution < 1.29 is 0 Å². The highest BCUT2D eigenvalue weighted by atomic mass is 14.0. The Morgan fingerprint density at radius 2 is 1.25 bits per heavy atom. The molecule has 144 valence electrons. The molecule has 0 radical (unpaired) electrons. The van der Waals surface area contributed by atoms with Gasteiger partial charge in [-0.2, -0.15) is 0 Å². The number of hydrogen-bond acceptors (Lipinski definition) is 0. The van der Waals surface area contributed by atoms with Crippen molar-refractivity contribution >= 4 is 0 Å². The van der Waals surface area contributed by atoms with E-state index in [0.29, 0.717) is 0 Å². The molecule has 0 spiro atoms. The van der Waals surface area contributed by atoms with E-state index in [-0.39, 0.29) is 0 Å². The lowest BCUT2D eigenvalue weighted by Gasteiger charge is -2.04. The smallest absolute Gasteiger partial charge is 0.0262 e. The molecule has 0 heterocycles. The summed E-state index contributed by atoms with van der Waals surface area (Å²) in [5, 5.41) is 0. The van der Waals surface area contributed by atoms with Crippen LogP contribution in [0.4, 0.5) is 0 Å². The van der Waals surface area contributed by atoms with E-state index in [1.807, 2.05) is 0 Å². The molecule has 0 saturated carbocycles. The minimum absolute atomic E-state index is 0.789. The van der Waals surface area contributed by atoms with Gasteiger partial charge >= 0.3 is 0 Å². The van der Waals surface area contributed by atoms with Crippen molar-refractivity contribution in [1.82, 2.24) is 0 Å². The second kappa shape index (κ2) is 22.5. The van der Waals surface area contributed by atoms with E-state index in [9.17, 15) is 0 Å². The molecule has 1 unspecified atom stereocenters. The topological polar surface area (TPSA) is 0 Å². The predicted molar refractivity (Wildman–Crippen MR) is 115 cm³/mol. The van der Waals surface area contributed by atoms with Gasteiger partial charge in [-0.3, -0.25) is 0 Å². The Morgan fingerprint density at radius 3 is 1.75 bits per heavy atom. The van der Waals surface area contributed by atoms with Crippen molar-refractivity contribution in [2.24, 2.45) is 5.92 Å². The van der Waals surface area contributed by atoms with Crippen LogP contribution in [0.15, 0.2) is 23.8 Å². The molecule has 0 amide bonds. The average Bonchev–Trinajstić information content (AvgIpc) is 2.58. The Labute approximate surface area is 155 Å². The quantitative estimate of drug-likeness (QED) is 0.219. The first-order chi connectivity index (χ1) is 11.6. The lowest BCUT2D eigenvalue weighted by atomic mass is 10.0. The summed E-state index contributed by atoms with van der Waals surface area (Å²) >= 11 is 0. The molecule has 0 fully saturated rings. The van der Waals surface area contributed by atoms with Gasteiger partial charge in [0.25, 0.3) is 0 Å². The fourth-order valence-electron chi connectivity index (χ4n) is 2.82. The molecule has 0 rings (SSSR count). The first-order valence-corrected chi connectivity index (χ1v) is 10.9. The van der Waals surface area contributed by atoms with Crippen LogP contribution in [-0.2, 0) is 0 Å². The minimum atomic E-state index is 0.789. The Balaban J connectivity index is 0. The Morgan fingerprint density at radius 1 is 0.750 bits per heavy atom. The zero-order valence-electron chi connectivity index (χ0n) is 18.0. The lowest BCUT2D eigenvalue weighted by molar-refractivity contribution is 0.550. The van der Waals surface area contributed by atoms with Crippen molar-refractivity contribution in [2.45, 2.75) is 125 Å². The van der Waals surface area contributed by atoms with Gasteiger partial charge in [0.15, 0.2) is 0 Å². The summed E-state index contributed by atoms with van der Waals surface area (Å²) in [5.41, 5.74) is 1.55. The fourth-order valence-corrected chi connectivity index (χ4v) is 2.82. The molecule has 0 nitrogen and oxygen atoms in total. The summed E-state index contributed by atoms with van der Waals surface area (Å²) < 4.78 is 0. The Hall–Kier alpha value is -0.520. The van der Waals surface area contributed by atoms with Crippen LogP contribution in [0.2, 0.25) is 0 Å². The molecular formula is C24H48. The van der Waals surface area contributed by atoms with Crippen molar-refractivity contribution in [3.8, 4) is 0 Å². The number of unbranched alkanes of at least 4 members (excludes halogenated alkanes) is 9. The molecule has 0 saturated heterocycles. The summed E-state index contributed by atoms with van der Waals surface area (Å²) in [5.74, 6) is 0.789. The molecule has 0 heteroatoms. The molecule has 0 aromatic rings. The lowest BCUT2D eigenvalue weighted by Crippen LogP contribution is -1.89. The first kappa shape index (κ1) is 25.7. The standard InChI is InChI=1S/2C12H24/c1-4-6-7-8-9-10-11-12(3)5-2;1-4-6-7-8-9-11-12(3)10-5-2/h5H,4,6-11H2,1-3H3;5,10,12H,4,6-9,11H2,1-3H3/b12-5+;10-5+. The third-order valence-electron chi connectivity index (χ3n) is 4.70. The second-order valence-electron chi connectivity index (χ2n) is 7.36. The Kier molecular flexibility index (Phi) is 24.1. The molecule has 0 aromatic carbocycles. The Bertz CT molecular complexity index is 272. The first-order valence-electron chi connectivity index (χ1n) is 10.9. The van der Waals surface area contributed by atoms with Gasteiger partial charge in [-0.25, -0.2) is 0 Å². The number of allylic oxidation sites excluding steroid dienone is 4. The van der Waals surface area contributed by atoms with E-state index in [0.717, 1.165) is 5.92 Å². The van der Waals surface area contributed by atoms with Crippen LogP contribution in [0.3, 0.4) is 0 Å². The normalized spacial score (nSPS) is 13.0. The molecule has 0 aliphatic rings. The SMILES string of the molecule is C/C=C(\C)CCCCCCCC.C/C=C/C(C)CCCCCCC. The highest BCUT2D eigenvalue weighted by Gasteiger charge is 1.95. The van der Waals surface area contributed by atoms with Crippen molar-refractivity contribution in [2.75, 3.05) is 0 Å². The molecule has 1 atom stereocenters. The second-order valence-corrected chi connectivity index (χ2v) is 7.36. The van der Waals surface area contributed by atoms with Gasteiger partial charge in [0, 0.05) is 0 Å². The molecule has 0 aliphatic heterocycles. The monoisotopic (exact) mass is 336 g/mol. The molecule has 24 heavy (non-hydrogen) atoms. The summed E-state index contributed by atoms with van der Waals surface area (Å²) in [7, 11) is 0. The number of hydrogen-bond donors (Lipinski definition) is 0. The van der Waals surface area contributed by atoms with Gasteiger partial charge in [-0.15, -0.1) is 0 Å². The zero-order valence-corrected chi connectivity index (χ0v) is 18.0. The molecule has 0 N–H and O–H groups in total. The fraction of sp³-hybridized carbons (Fsp3) is 0.833. The summed E-state index contributed by atoms with van der Waals surface area (Å²) in [6.07, 6.45) is 24.9. The largest absolute Gasteiger partial charge is 0.0914 e. The van der Waals surface area contributed by atoms with Crippen molar-refractivity contribution in [3.63, 3.8) is 0 Å². The van der Waals surface area contributed by atoms with Gasteiger partial charge < -0.3 is 0 Å². The maximum absolute atomic E-state index is 2.31. The predicted octanol–water partition coefficient (Wildman–Crippen LogP) is 9.26. The van der Waals surface area contributed by atoms with Gasteiger partial charge in [0.1, 0.15) is 0 Å². The summed E-state index contributed by atoms with van der Waals surface area (Å²) in [6, 6.07) is 0. The van der Waals surface area contributed by atoms with Crippen molar-refractivity contribution in [3.05, 3.63) is 23.8 Å². The van der Waals surface area contributed by atoms with E-state index < -0.39 is 0 Å². The third-order valence-corrected chi connectivity index (χ3v) is 4.70. The van der Waals surface area contributed by atoms with Gasteiger partial charge in [-0.05, 0) is 46.0 Å². The molecule has 0 bridgehead atoms. The number of rotatable bonds is 14.